The van der Waals surface area contributed by atoms with Crippen LogP contribution in [0.3, 0.4) is 0 Å². The molecular weight excluding hydrogens is 471 g/mol. The number of hydrogen-bond acceptors (Lipinski definition) is 2. The minimum Gasteiger partial charge on any atom is -0.346 e. The number of aryl methyl sites for hydroxylation is 2. The summed E-state index contributed by atoms with van der Waals surface area (Å²) in [5.74, 6) is 0. The van der Waals surface area contributed by atoms with E-state index in [0.29, 0.717) is 0 Å². The van der Waals surface area contributed by atoms with Gasteiger partial charge >= 0.3 is 16.5 Å². The molecule has 3 aromatic rings. The predicted molar refractivity (Wildman–Crippen MR) is 154 cm³/mol. The minimum absolute atomic E-state index is 0. The van der Waals surface area contributed by atoms with Gasteiger partial charge in [-0.2, -0.15) is 13.8 Å². The van der Waals surface area contributed by atoms with Crippen molar-refractivity contribution in [1.82, 2.24) is 0 Å². The number of unbranched alkanes of at least 4 members (excludes halogenated alkanes) is 1. The molecule has 0 unspecified atom stereocenters. The van der Waals surface area contributed by atoms with Crippen LogP contribution in [0.2, 0.25) is 0 Å². The standard InChI is InChI=1S/C28H32N2.2C2H5.Ni/c1-5-7-12-25-18-28(17-23(6-2)22(25)4)29-20-21(3)30-27-16-11-15-26(19-27)24-13-9-8-10-14-24;2*1-2;/h8-11,13-20H,5-7,12H2,1-4H3;2*1H2,2H3;/q;2*-1;+2. The molecule has 0 atom stereocenters. The van der Waals surface area contributed by atoms with Crippen LogP contribution in [-0.2, 0) is 29.3 Å². The first-order valence-corrected chi connectivity index (χ1v) is 12.4. The largest absolute Gasteiger partial charge is 2.00 e. The Bertz CT molecular complexity index is 1040. The molecule has 190 valence electrons. The molecule has 3 rings (SSSR count). The van der Waals surface area contributed by atoms with Gasteiger partial charge in [0.25, 0.3) is 0 Å². The Hall–Kier alpha value is -2.51. The number of benzene rings is 3. The predicted octanol–water partition coefficient (Wildman–Crippen LogP) is 9.74. The zero-order chi connectivity index (χ0) is 25.3. The molecule has 0 fully saturated rings. The molecule has 0 radical (unpaired) electrons. The van der Waals surface area contributed by atoms with Crippen LogP contribution < -0.4 is 0 Å². The topological polar surface area (TPSA) is 24.7 Å². The summed E-state index contributed by atoms with van der Waals surface area (Å²) in [6.07, 6.45) is 6.46. The fourth-order valence-corrected chi connectivity index (χ4v) is 3.68. The van der Waals surface area contributed by atoms with E-state index in [2.05, 4.69) is 89.2 Å². The van der Waals surface area contributed by atoms with Crippen molar-refractivity contribution in [3.05, 3.63) is 97.3 Å². The van der Waals surface area contributed by atoms with E-state index in [-0.39, 0.29) is 16.5 Å². The van der Waals surface area contributed by atoms with Crippen molar-refractivity contribution >= 4 is 23.3 Å². The maximum atomic E-state index is 4.76. The minimum atomic E-state index is 0. The van der Waals surface area contributed by atoms with Crippen molar-refractivity contribution in [2.75, 3.05) is 0 Å². The normalized spacial score (nSPS) is 10.6. The Morgan fingerprint density at radius 1 is 0.800 bits per heavy atom. The van der Waals surface area contributed by atoms with E-state index >= 15 is 0 Å². The van der Waals surface area contributed by atoms with Gasteiger partial charge in [0, 0.05) is 6.21 Å². The van der Waals surface area contributed by atoms with E-state index in [1.807, 2.05) is 25.3 Å². The maximum absolute atomic E-state index is 4.76. The summed E-state index contributed by atoms with van der Waals surface area (Å²) in [6, 6.07) is 23.2. The van der Waals surface area contributed by atoms with E-state index in [9.17, 15) is 0 Å². The number of aliphatic imine (C=N–C) groups is 2. The van der Waals surface area contributed by atoms with Crippen LogP contribution in [0.4, 0.5) is 11.4 Å². The van der Waals surface area contributed by atoms with E-state index in [1.54, 1.807) is 13.8 Å². The molecule has 0 heterocycles. The fourth-order valence-electron chi connectivity index (χ4n) is 3.68. The van der Waals surface area contributed by atoms with Gasteiger partial charge in [-0.1, -0.05) is 62.7 Å². The van der Waals surface area contributed by atoms with E-state index in [4.69, 9.17) is 9.98 Å². The Morgan fingerprint density at radius 2 is 1.43 bits per heavy atom. The van der Waals surface area contributed by atoms with E-state index in [0.717, 1.165) is 29.9 Å². The summed E-state index contributed by atoms with van der Waals surface area (Å²) in [7, 11) is 0. The zero-order valence-electron chi connectivity index (χ0n) is 22.4. The SMILES string of the molecule is CCCCc1cc(N=CC(C)=Nc2cccc(-c3ccccc3)c2)cc(CC)c1C.[CH2-]C.[CH2-]C.[Ni+2]. The molecule has 0 amide bonds. The molecule has 0 saturated heterocycles. The first-order valence-electron chi connectivity index (χ1n) is 12.4. The molecule has 0 aliphatic rings. The summed E-state index contributed by atoms with van der Waals surface area (Å²) in [5, 5.41) is 0. The van der Waals surface area contributed by atoms with Crippen LogP contribution in [0.15, 0.2) is 76.7 Å². The Labute approximate surface area is 225 Å². The maximum Gasteiger partial charge on any atom is 2.00 e. The molecule has 0 spiro atoms. The Balaban J connectivity index is 0.00000220. The molecule has 0 aliphatic carbocycles. The second kappa shape index (κ2) is 18.8. The molecule has 0 N–H and O–H groups in total. The quantitative estimate of drug-likeness (QED) is 0.163. The summed E-state index contributed by atoms with van der Waals surface area (Å²) < 4.78 is 0. The average molecular weight is 513 g/mol. The summed E-state index contributed by atoms with van der Waals surface area (Å²) in [5.41, 5.74) is 9.48. The summed E-state index contributed by atoms with van der Waals surface area (Å²) in [4.78, 5) is 9.51. The van der Waals surface area contributed by atoms with Gasteiger partial charge in [0.2, 0.25) is 0 Å². The second-order valence-electron chi connectivity index (χ2n) is 7.77. The van der Waals surface area contributed by atoms with Gasteiger partial charge in [-0.25, -0.2) is 0 Å². The van der Waals surface area contributed by atoms with Gasteiger partial charge in [0.15, 0.2) is 0 Å². The van der Waals surface area contributed by atoms with Gasteiger partial charge in [-0.05, 0) is 85.2 Å². The summed E-state index contributed by atoms with van der Waals surface area (Å²) in [6.45, 7) is 18.7. The molecule has 0 saturated carbocycles. The summed E-state index contributed by atoms with van der Waals surface area (Å²) >= 11 is 0. The van der Waals surface area contributed by atoms with Crippen molar-refractivity contribution < 1.29 is 16.5 Å². The van der Waals surface area contributed by atoms with Gasteiger partial charge in [0.05, 0.1) is 17.1 Å². The van der Waals surface area contributed by atoms with Crippen molar-refractivity contribution in [2.45, 2.75) is 67.2 Å². The molecule has 35 heavy (non-hydrogen) atoms. The van der Waals surface area contributed by atoms with Gasteiger partial charge in [0.1, 0.15) is 0 Å². The molecule has 0 aromatic heterocycles. The van der Waals surface area contributed by atoms with Gasteiger partial charge in [-0.3, -0.25) is 9.98 Å². The first-order chi connectivity index (χ1) is 16.6. The van der Waals surface area contributed by atoms with Crippen molar-refractivity contribution in [2.24, 2.45) is 9.98 Å². The third-order valence-corrected chi connectivity index (χ3v) is 5.45. The third kappa shape index (κ3) is 10.7. The van der Waals surface area contributed by atoms with Crippen LogP contribution in [0, 0.1) is 20.8 Å². The Morgan fingerprint density at radius 3 is 2.06 bits per heavy atom. The van der Waals surface area contributed by atoms with Gasteiger partial charge in [-0.15, -0.1) is 0 Å². The molecule has 2 nitrogen and oxygen atoms in total. The van der Waals surface area contributed by atoms with Crippen molar-refractivity contribution in [1.29, 1.82) is 0 Å². The van der Waals surface area contributed by atoms with Crippen LogP contribution in [0.25, 0.3) is 11.1 Å². The van der Waals surface area contributed by atoms with Gasteiger partial charge < -0.3 is 13.8 Å². The molecule has 0 aliphatic heterocycles. The molecular formula is C32H42N2Ni. The number of rotatable bonds is 8. The number of hydrogen-bond donors (Lipinski definition) is 0. The smallest absolute Gasteiger partial charge is 0.346 e. The second-order valence-corrected chi connectivity index (χ2v) is 7.77. The van der Waals surface area contributed by atoms with Crippen LogP contribution in [-0.4, -0.2) is 11.9 Å². The molecule has 3 heteroatoms. The molecule has 0 bridgehead atoms. The van der Waals surface area contributed by atoms with Crippen molar-refractivity contribution in [3.63, 3.8) is 0 Å². The monoisotopic (exact) mass is 512 g/mol. The van der Waals surface area contributed by atoms with Crippen molar-refractivity contribution in [3.8, 4) is 11.1 Å². The van der Waals surface area contributed by atoms with Crippen LogP contribution in [0.5, 0.6) is 0 Å². The first kappa shape index (κ1) is 32.5. The zero-order valence-corrected chi connectivity index (χ0v) is 23.4. The van der Waals surface area contributed by atoms with E-state index < -0.39 is 0 Å². The average Bonchev–Trinajstić information content (AvgIpc) is 2.90. The third-order valence-electron chi connectivity index (χ3n) is 5.45. The number of nitrogens with zero attached hydrogens (tertiary/aromatic N) is 2. The van der Waals surface area contributed by atoms with Crippen LogP contribution in [0.1, 0.15) is 64.2 Å². The molecule has 3 aromatic carbocycles. The van der Waals surface area contributed by atoms with E-state index in [1.165, 1.54) is 40.7 Å². The van der Waals surface area contributed by atoms with Crippen LogP contribution >= 0.6 is 0 Å². The fraction of sp³-hybridized carbons (Fsp3) is 0.312. The Kier molecular flexibility index (Phi) is 17.4.